The minimum absolute atomic E-state index is 0.0484. The molecule has 0 saturated carbocycles. The van der Waals surface area contributed by atoms with Crippen LogP contribution in [0, 0.1) is 13.8 Å². The van der Waals surface area contributed by atoms with Gasteiger partial charge >= 0.3 is 6.18 Å². The predicted molar refractivity (Wildman–Crippen MR) is 101 cm³/mol. The number of carbonyl (C=O) groups excluding carboxylic acids is 1. The lowest BCUT2D eigenvalue weighted by molar-refractivity contribution is -0.137. The van der Waals surface area contributed by atoms with Gasteiger partial charge in [-0.2, -0.15) is 18.3 Å². The summed E-state index contributed by atoms with van der Waals surface area (Å²) in [6.45, 7) is 3.61. The van der Waals surface area contributed by atoms with Crippen molar-refractivity contribution in [2.24, 2.45) is 0 Å². The van der Waals surface area contributed by atoms with Crippen molar-refractivity contribution in [1.82, 2.24) is 14.8 Å². The second-order valence-corrected chi connectivity index (χ2v) is 6.76. The molecule has 1 aliphatic heterocycles. The van der Waals surface area contributed by atoms with Gasteiger partial charge in [0.1, 0.15) is 0 Å². The van der Waals surface area contributed by atoms with Crippen molar-refractivity contribution in [1.29, 1.82) is 0 Å². The van der Waals surface area contributed by atoms with E-state index in [9.17, 15) is 18.0 Å². The Kier molecular flexibility index (Phi) is 4.84. The summed E-state index contributed by atoms with van der Waals surface area (Å²) in [4.78, 5) is 16.4. The van der Waals surface area contributed by atoms with Crippen LogP contribution in [0.1, 0.15) is 22.5 Å². The first kappa shape index (κ1) is 19.7. The van der Waals surface area contributed by atoms with Crippen molar-refractivity contribution in [3.63, 3.8) is 0 Å². The fourth-order valence-electron chi connectivity index (χ4n) is 3.17. The van der Waals surface area contributed by atoms with Gasteiger partial charge in [0.15, 0.2) is 17.3 Å². The minimum atomic E-state index is -4.46. The van der Waals surface area contributed by atoms with Crippen LogP contribution in [0.5, 0.6) is 11.5 Å². The van der Waals surface area contributed by atoms with Crippen molar-refractivity contribution in [2.45, 2.75) is 26.4 Å². The molecule has 1 N–H and O–H groups in total. The number of fused-ring (bicyclic) bond motifs is 1. The molecule has 4 rings (SSSR count). The van der Waals surface area contributed by atoms with Crippen molar-refractivity contribution < 1.29 is 27.4 Å². The van der Waals surface area contributed by atoms with E-state index >= 15 is 0 Å². The molecule has 0 radical (unpaired) electrons. The Bertz CT molecular complexity index is 1110. The topological polar surface area (TPSA) is 78.3 Å². The maximum absolute atomic E-state index is 12.7. The van der Waals surface area contributed by atoms with Gasteiger partial charge in [0.25, 0.3) is 0 Å². The maximum atomic E-state index is 12.7. The van der Waals surface area contributed by atoms with E-state index in [-0.39, 0.29) is 24.9 Å². The summed E-state index contributed by atoms with van der Waals surface area (Å²) >= 11 is 0. The number of benzene rings is 1. The molecule has 156 valence electrons. The quantitative estimate of drug-likeness (QED) is 0.697. The number of ether oxygens (including phenoxy) is 2. The molecule has 0 fully saturated rings. The van der Waals surface area contributed by atoms with E-state index in [2.05, 4.69) is 15.4 Å². The maximum Gasteiger partial charge on any atom is 0.417 e. The van der Waals surface area contributed by atoms with E-state index in [1.807, 2.05) is 0 Å². The number of rotatable bonds is 4. The highest BCUT2D eigenvalue weighted by Crippen LogP contribution is 2.34. The Morgan fingerprint density at radius 2 is 1.93 bits per heavy atom. The van der Waals surface area contributed by atoms with Crippen molar-refractivity contribution in [3.05, 3.63) is 59.0 Å². The molecule has 1 aromatic carbocycles. The lowest BCUT2D eigenvalue weighted by Gasteiger charge is -2.09. The minimum Gasteiger partial charge on any atom is -0.454 e. The highest BCUT2D eigenvalue weighted by molar-refractivity contribution is 5.93. The van der Waals surface area contributed by atoms with Gasteiger partial charge in [0.05, 0.1) is 17.7 Å². The Balaban J connectivity index is 1.51. The van der Waals surface area contributed by atoms with Crippen LogP contribution in [-0.4, -0.2) is 27.5 Å². The number of hydrogen-bond acceptors (Lipinski definition) is 5. The van der Waals surface area contributed by atoms with Crippen molar-refractivity contribution >= 4 is 11.6 Å². The molecule has 0 saturated heterocycles. The third-order valence-electron chi connectivity index (χ3n) is 4.73. The highest BCUT2D eigenvalue weighted by atomic mass is 19.4. The molecule has 2 aromatic heterocycles. The Morgan fingerprint density at radius 1 is 1.17 bits per heavy atom. The Hall–Kier alpha value is -3.56. The van der Waals surface area contributed by atoms with Gasteiger partial charge in [-0.25, -0.2) is 9.67 Å². The molecule has 3 aromatic rings. The summed E-state index contributed by atoms with van der Waals surface area (Å²) in [6.07, 6.45) is -3.65. The van der Waals surface area contributed by atoms with Gasteiger partial charge in [-0.05, 0) is 38.1 Å². The van der Waals surface area contributed by atoms with E-state index in [0.29, 0.717) is 34.1 Å². The van der Waals surface area contributed by atoms with Crippen LogP contribution in [0.3, 0.4) is 0 Å². The van der Waals surface area contributed by atoms with Gasteiger partial charge in [0, 0.05) is 29.2 Å². The van der Waals surface area contributed by atoms with E-state index in [1.54, 1.807) is 32.0 Å². The van der Waals surface area contributed by atoms with Crippen LogP contribution in [0.2, 0.25) is 0 Å². The number of anilines is 1. The number of aromatic nitrogens is 3. The summed E-state index contributed by atoms with van der Waals surface area (Å²) in [7, 11) is 0. The molecule has 7 nitrogen and oxygen atoms in total. The summed E-state index contributed by atoms with van der Waals surface area (Å²) in [5.41, 5.74) is 1.62. The molecule has 1 amide bonds. The fourth-order valence-corrected chi connectivity index (χ4v) is 3.17. The van der Waals surface area contributed by atoms with Gasteiger partial charge in [-0.3, -0.25) is 4.79 Å². The number of hydrogen-bond donors (Lipinski definition) is 1. The van der Waals surface area contributed by atoms with Crippen molar-refractivity contribution in [3.8, 4) is 17.3 Å². The first-order chi connectivity index (χ1) is 14.2. The monoisotopic (exact) mass is 418 g/mol. The molecule has 0 aliphatic carbocycles. The lowest BCUT2D eigenvalue weighted by atomic mass is 10.1. The molecular formula is C20H17F3N4O3. The molecule has 0 bridgehead atoms. The Morgan fingerprint density at radius 3 is 2.63 bits per heavy atom. The summed E-state index contributed by atoms with van der Waals surface area (Å²) in [5.74, 6) is 1.15. The number of nitrogens with one attached hydrogen (secondary N) is 1. The van der Waals surface area contributed by atoms with Gasteiger partial charge < -0.3 is 14.8 Å². The number of carbonyl (C=O) groups is 1. The number of nitrogens with zero attached hydrogens (tertiary/aromatic N) is 3. The lowest BCUT2D eigenvalue weighted by Crippen LogP contribution is -2.15. The summed E-state index contributed by atoms with van der Waals surface area (Å²) < 4.78 is 50.2. The third-order valence-corrected chi connectivity index (χ3v) is 4.73. The largest absolute Gasteiger partial charge is 0.454 e. The van der Waals surface area contributed by atoms with Crippen LogP contribution in [0.4, 0.5) is 18.9 Å². The second-order valence-electron chi connectivity index (χ2n) is 6.76. The molecule has 30 heavy (non-hydrogen) atoms. The molecule has 3 heterocycles. The van der Waals surface area contributed by atoms with Crippen LogP contribution in [-0.2, 0) is 17.4 Å². The zero-order valence-electron chi connectivity index (χ0n) is 16.1. The second kappa shape index (κ2) is 7.36. The van der Waals surface area contributed by atoms with Gasteiger partial charge in [-0.1, -0.05) is 0 Å². The van der Waals surface area contributed by atoms with Crippen LogP contribution >= 0.6 is 0 Å². The standard InChI is InChI=1S/C20H17F3N4O3/c1-11-15(8-19(28)25-14-4-5-16-17(7-14)30-10-29-16)12(2)27(26-11)18-6-3-13(9-24-18)20(21,22)23/h3-7,9H,8,10H2,1-2H3,(H,25,28). The van der Waals surface area contributed by atoms with Gasteiger partial charge in [-0.15, -0.1) is 0 Å². The fraction of sp³-hybridized carbons (Fsp3) is 0.250. The molecule has 0 unspecified atom stereocenters. The normalized spacial score (nSPS) is 12.8. The molecule has 0 spiro atoms. The average molecular weight is 418 g/mol. The molecule has 0 atom stereocenters. The first-order valence-corrected chi connectivity index (χ1v) is 9.00. The van der Waals surface area contributed by atoms with Gasteiger partial charge in [0.2, 0.25) is 12.7 Å². The number of pyridine rings is 1. The number of amides is 1. The molecule has 10 heteroatoms. The predicted octanol–water partition coefficient (Wildman–Crippen LogP) is 3.81. The smallest absolute Gasteiger partial charge is 0.417 e. The molecular weight excluding hydrogens is 401 g/mol. The number of alkyl halides is 3. The summed E-state index contributed by atoms with van der Waals surface area (Å²) in [5, 5.41) is 7.13. The van der Waals surface area contributed by atoms with E-state index in [1.165, 1.54) is 10.7 Å². The van der Waals surface area contributed by atoms with Crippen LogP contribution < -0.4 is 14.8 Å². The average Bonchev–Trinajstić information content (AvgIpc) is 3.27. The van der Waals surface area contributed by atoms with Crippen LogP contribution in [0.25, 0.3) is 5.82 Å². The summed E-state index contributed by atoms with van der Waals surface area (Å²) in [6, 6.07) is 7.29. The van der Waals surface area contributed by atoms with Crippen LogP contribution in [0.15, 0.2) is 36.5 Å². The zero-order valence-corrected chi connectivity index (χ0v) is 16.1. The highest BCUT2D eigenvalue weighted by Gasteiger charge is 2.31. The van der Waals surface area contributed by atoms with E-state index in [4.69, 9.17) is 9.47 Å². The Labute approximate surface area is 169 Å². The van der Waals surface area contributed by atoms with Crippen molar-refractivity contribution in [2.75, 3.05) is 12.1 Å². The SMILES string of the molecule is Cc1nn(-c2ccc(C(F)(F)F)cn2)c(C)c1CC(=O)Nc1ccc2c(c1)OCO2. The zero-order chi connectivity index (χ0) is 21.5. The molecule has 1 aliphatic rings. The first-order valence-electron chi connectivity index (χ1n) is 9.00. The van der Waals surface area contributed by atoms with E-state index in [0.717, 1.165) is 12.3 Å². The number of aryl methyl sites for hydroxylation is 1. The number of halogens is 3. The van der Waals surface area contributed by atoms with E-state index < -0.39 is 11.7 Å². The third kappa shape index (κ3) is 3.80.